The van der Waals surface area contributed by atoms with Gasteiger partial charge in [0.25, 0.3) is 0 Å². The quantitative estimate of drug-likeness (QED) is 0.803. The lowest BCUT2D eigenvalue weighted by molar-refractivity contribution is 0.0927. The molecule has 1 unspecified atom stereocenters. The van der Waals surface area contributed by atoms with Gasteiger partial charge in [-0.25, -0.2) is 0 Å². The summed E-state index contributed by atoms with van der Waals surface area (Å²) in [5, 5.41) is 9.14. The first kappa shape index (κ1) is 11.9. The van der Waals surface area contributed by atoms with Gasteiger partial charge in [-0.1, -0.05) is 18.2 Å². The molecule has 0 radical (unpaired) electrons. The summed E-state index contributed by atoms with van der Waals surface area (Å²) in [5.41, 5.74) is 1.81. The van der Waals surface area contributed by atoms with E-state index in [4.69, 9.17) is 14.7 Å². The summed E-state index contributed by atoms with van der Waals surface area (Å²) in [4.78, 5) is 0. The number of hydrogen-bond donors (Lipinski definition) is 0. The van der Waals surface area contributed by atoms with Crippen molar-refractivity contribution in [2.45, 2.75) is 38.9 Å². The summed E-state index contributed by atoms with van der Waals surface area (Å²) >= 11 is 0. The van der Waals surface area contributed by atoms with E-state index in [9.17, 15) is 0 Å². The molecule has 2 rings (SSSR count). The predicted octanol–water partition coefficient (Wildman–Crippen LogP) is 3.00. The SMILES string of the molecule is CCOC(C#N)c1cccc2c1OC(C)(C)C2. The van der Waals surface area contributed by atoms with Crippen LogP contribution >= 0.6 is 0 Å². The van der Waals surface area contributed by atoms with E-state index in [0.717, 1.165) is 23.3 Å². The fraction of sp³-hybridized carbons (Fsp3) is 0.500. The Morgan fingerprint density at radius 2 is 2.29 bits per heavy atom. The Morgan fingerprint density at radius 3 is 2.94 bits per heavy atom. The van der Waals surface area contributed by atoms with E-state index in [0.29, 0.717) is 6.61 Å². The molecule has 1 aliphatic heterocycles. The second-order valence-corrected chi connectivity index (χ2v) is 4.84. The Morgan fingerprint density at radius 1 is 1.53 bits per heavy atom. The van der Waals surface area contributed by atoms with Gasteiger partial charge in [0.1, 0.15) is 11.4 Å². The van der Waals surface area contributed by atoms with Gasteiger partial charge in [-0.15, -0.1) is 0 Å². The normalized spacial score (nSPS) is 18.0. The summed E-state index contributed by atoms with van der Waals surface area (Å²) in [7, 11) is 0. The predicted molar refractivity (Wildman–Crippen MR) is 64.8 cm³/mol. The minimum Gasteiger partial charge on any atom is -0.487 e. The minimum absolute atomic E-state index is 0.190. The fourth-order valence-corrected chi connectivity index (χ4v) is 2.21. The van der Waals surface area contributed by atoms with Crippen molar-refractivity contribution >= 4 is 0 Å². The lowest BCUT2D eigenvalue weighted by atomic mass is 9.99. The smallest absolute Gasteiger partial charge is 0.172 e. The molecule has 0 N–H and O–H groups in total. The van der Waals surface area contributed by atoms with Crippen LogP contribution in [0.5, 0.6) is 5.75 Å². The maximum absolute atomic E-state index is 9.14. The van der Waals surface area contributed by atoms with Gasteiger partial charge >= 0.3 is 0 Å². The van der Waals surface area contributed by atoms with Gasteiger partial charge in [-0.3, -0.25) is 0 Å². The van der Waals surface area contributed by atoms with E-state index in [1.807, 2.05) is 25.1 Å². The Kier molecular flexibility index (Phi) is 3.08. The van der Waals surface area contributed by atoms with Crippen LogP contribution in [0.1, 0.15) is 38.0 Å². The highest BCUT2D eigenvalue weighted by Gasteiger charge is 2.33. The van der Waals surface area contributed by atoms with Crippen molar-refractivity contribution in [2.75, 3.05) is 6.61 Å². The lowest BCUT2D eigenvalue weighted by Gasteiger charge is -2.19. The summed E-state index contributed by atoms with van der Waals surface area (Å²) in [5.74, 6) is 0.831. The van der Waals surface area contributed by atoms with Crippen LogP contribution in [-0.4, -0.2) is 12.2 Å². The van der Waals surface area contributed by atoms with Crippen LogP contribution < -0.4 is 4.74 Å². The molecule has 1 heterocycles. The van der Waals surface area contributed by atoms with Gasteiger partial charge in [0, 0.05) is 18.6 Å². The highest BCUT2D eigenvalue weighted by Crippen LogP contribution is 2.40. The number of para-hydroxylation sites is 1. The molecular formula is C14H17NO2. The molecule has 3 nitrogen and oxygen atoms in total. The van der Waals surface area contributed by atoms with Gasteiger partial charge in [0.2, 0.25) is 0 Å². The summed E-state index contributed by atoms with van der Waals surface area (Å²) in [6.07, 6.45) is 0.337. The standard InChI is InChI=1S/C14H17NO2/c1-4-16-12(9-15)11-7-5-6-10-8-14(2,3)17-13(10)11/h5-7,12H,4,8H2,1-3H3. The van der Waals surface area contributed by atoms with E-state index in [2.05, 4.69) is 19.9 Å². The van der Waals surface area contributed by atoms with Crippen molar-refractivity contribution in [1.82, 2.24) is 0 Å². The third-order valence-corrected chi connectivity index (χ3v) is 2.85. The number of nitrogens with zero attached hydrogens (tertiary/aromatic N) is 1. The molecule has 0 spiro atoms. The first-order chi connectivity index (χ1) is 8.07. The zero-order chi connectivity index (χ0) is 12.5. The third-order valence-electron chi connectivity index (χ3n) is 2.85. The average molecular weight is 231 g/mol. The van der Waals surface area contributed by atoms with Gasteiger partial charge < -0.3 is 9.47 Å². The Bertz CT molecular complexity index is 460. The molecule has 0 saturated carbocycles. The molecule has 0 saturated heterocycles. The van der Waals surface area contributed by atoms with Crippen molar-refractivity contribution in [1.29, 1.82) is 5.26 Å². The molecule has 1 atom stereocenters. The molecule has 17 heavy (non-hydrogen) atoms. The number of hydrogen-bond acceptors (Lipinski definition) is 3. The molecule has 1 aliphatic rings. The Balaban J connectivity index is 2.39. The maximum atomic E-state index is 9.14. The van der Waals surface area contributed by atoms with Crippen molar-refractivity contribution < 1.29 is 9.47 Å². The molecule has 90 valence electrons. The first-order valence-corrected chi connectivity index (χ1v) is 5.89. The Hall–Kier alpha value is -1.53. The topological polar surface area (TPSA) is 42.2 Å². The summed E-state index contributed by atoms with van der Waals surface area (Å²) in [6.45, 7) is 6.52. The summed E-state index contributed by atoms with van der Waals surface area (Å²) in [6, 6.07) is 8.09. The molecule has 0 amide bonds. The third kappa shape index (κ3) is 2.27. The van der Waals surface area contributed by atoms with E-state index in [1.165, 1.54) is 0 Å². The number of fused-ring (bicyclic) bond motifs is 1. The molecular weight excluding hydrogens is 214 g/mol. The monoisotopic (exact) mass is 231 g/mol. The molecule has 1 aromatic carbocycles. The molecule has 0 aliphatic carbocycles. The van der Waals surface area contributed by atoms with Crippen LogP contribution in [0.3, 0.4) is 0 Å². The zero-order valence-corrected chi connectivity index (χ0v) is 10.5. The van der Waals surface area contributed by atoms with Crippen LogP contribution in [0.2, 0.25) is 0 Å². The lowest BCUT2D eigenvalue weighted by Crippen LogP contribution is -2.25. The number of rotatable bonds is 3. The van der Waals surface area contributed by atoms with Crippen molar-refractivity contribution in [3.05, 3.63) is 29.3 Å². The fourth-order valence-electron chi connectivity index (χ4n) is 2.21. The van der Waals surface area contributed by atoms with Crippen LogP contribution in [0.25, 0.3) is 0 Å². The van der Waals surface area contributed by atoms with Gasteiger partial charge in [-0.05, 0) is 26.3 Å². The molecule has 3 heteroatoms. The Labute approximate surface area is 102 Å². The van der Waals surface area contributed by atoms with Gasteiger partial charge in [0.15, 0.2) is 6.10 Å². The van der Waals surface area contributed by atoms with Crippen molar-refractivity contribution in [2.24, 2.45) is 0 Å². The van der Waals surface area contributed by atoms with Crippen LogP contribution in [-0.2, 0) is 11.2 Å². The van der Waals surface area contributed by atoms with E-state index >= 15 is 0 Å². The number of nitriles is 1. The largest absolute Gasteiger partial charge is 0.487 e. The van der Waals surface area contributed by atoms with Gasteiger partial charge in [-0.2, -0.15) is 5.26 Å². The maximum Gasteiger partial charge on any atom is 0.172 e. The van der Waals surface area contributed by atoms with Crippen molar-refractivity contribution in [3.8, 4) is 11.8 Å². The summed E-state index contributed by atoms with van der Waals surface area (Å²) < 4.78 is 11.4. The molecule has 0 bridgehead atoms. The second-order valence-electron chi connectivity index (χ2n) is 4.84. The van der Waals surface area contributed by atoms with Crippen LogP contribution in [0, 0.1) is 11.3 Å². The van der Waals surface area contributed by atoms with E-state index in [1.54, 1.807) is 0 Å². The van der Waals surface area contributed by atoms with E-state index < -0.39 is 6.10 Å². The molecule has 1 aromatic rings. The van der Waals surface area contributed by atoms with E-state index in [-0.39, 0.29) is 5.60 Å². The highest BCUT2D eigenvalue weighted by atomic mass is 16.5. The van der Waals surface area contributed by atoms with Crippen molar-refractivity contribution in [3.63, 3.8) is 0 Å². The zero-order valence-electron chi connectivity index (χ0n) is 10.5. The average Bonchev–Trinajstić information content (AvgIpc) is 2.59. The number of ether oxygens (including phenoxy) is 2. The second kappa shape index (κ2) is 4.38. The molecule has 0 fully saturated rings. The van der Waals surface area contributed by atoms with Crippen LogP contribution in [0.4, 0.5) is 0 Å². The highest BCUT2D eigenvalue weighted by molar-refractivity contribution is 5.48. The van der Waals surface area contributed by atoms with Gasteiger partial charge in [0.05, 0.1) is 6.07 Å². The minimum atomic E-state index is -0.538. The van der Waals surface area contributed by atoms with Crippen LogP contribution in [0.15, 0.2) is 18.2 Å². The number of benzene rings is 1. The first-order valence-electron chi connectivity index (χ1n) is 5.89. The molecule has 0 aromatic heterocycles.